The van der Waals surface area contributed by atoms with E-state index in [2.05, 4.69) is 23.5 Å². The van der Waals surface area contributed by atoms with Crippen LogP contribution in [0.15, 0.2) is 42.5 Å². The number of rotatable bonds is 1. The van der Waals surface area contributed by atoms with Crippen molar-refractivity contribution in [2.24, 2.45) is 5.92 Å². The van der Waals surface area contributed by atoms with E-state index in [9.17, 15) is 5.11 Å². The number of benzene rings is 2. The number of aromatic hydroxyl groups is 1. The number of fused-ring (bicyclic) bond motifs is 3. The molecule has 0 bridgehead atoms. The molecule has 108 valence electrons. The van der Waals surface area contributed by atoms with Gasteiger partial charge >= 0.3 is 0 Å². The van der Waals surface area contributed by atoms with Crippen LogP contribution in [0.25, 0.3) is 0 Å². The monoisotopic (exact) mass is 299 g/mol. The molecule has 0 radical (unpaired) electrons. The summed E-state index contributed by atoms with van der Waals surface area (Å²) in [6, 6.07) is 14.4. The number of hydrogen-bond acceptors (Lipinski definition) is 2. The van der Waals surface area contributed by atoms with Crippen molar-refractivity contribution in [3.8, 4) is 5.75 Å². The first-order chi connectivity index (χ1) is 10.2. The first-order valence-corrected chi connectivity index (χ1v) is 7.93. The molecule has 2 N–H and O–H groups in total. The molecule has 21 heavy (non-hydrogen) atoms. The molecule has 0 spiro atoms. The number of nitrogens with one attached hydrogen (secondary N) is 1. The van der Waals surface area contributed by atoms with Crippen LogP contribution < -0.4 is 5.32 Å². The number of phenols is 1. The summed E-state index contributed by atoms with van der Waals surface area (Å²) in [5.41, 5.74) is 3.87. The average molecular weight is 300 g/mol. The fraction of sp³-hybridized carbons (Fsp3) is 0.333. The van der Waals surface area contributed by atoms with Gasteiger partial charge in [0.2, 0.25) is 0 Å². The summed E-state index contributed by atoms with van der Waals surface area (Å²) in [4.78, 5) is 0. The molecule has 1 aliphatic heterocycles. The van der Waals surface area contributed by atoms with Crippen LogP contribution in [0, 0.1) is 5.92 Å². The summed E-state index contributed by atoms with van der Waals surface area (Å²) < 4.78 is 0. The third-order valence-corrected chi connectivity index (χ3v) is 5.12. The largest absolute Gasteiger partial charge is 0.508 e. The SMILES string of the molecule is Oc1ccc2c(c1)C1NCCCC1C2c1cccc(Cl)c1. The summed E-state index contributed by atoms with van der Waals surface area (Å²) in [6.45, 7) is 1.05. The van der Waals surface area contributed by atoms with Gasteiger partial charge < -0.3 is 10.4 Å². The summed E-state index contributed by atoms with van der Waals surface area (Å²) in [5.74, 6) is 1.28. The van der Waals surface area contributed by atoms with E-state index in [1.807, 2.05) is 18.2 Å². The zero-order valence-corrected chi connectivity index (χ0v) is 12.5. The normalized spacial score (nSPS) is 27.2. The summed E-state index contributed by atoms with van der Waals surface area (Å²) >= 11 is 6.20. The van der Waals surface area contributed by atoms with Crippen molar-refractivity contribution in [3.05, 3.63) is 64.2 Å². The Morgan fingerprint density at radius 3 is 2.86 bits per heavy atom. The highest BCUT2D eigenvalue weighted by Crippen LogP contribution is 2.52. The van der Waals surface area contributed by atoms with E-state index in [1.54, 1.807) is 6.07 Å². The quantitative estimate of drug-likeness (QED) is 0.826. The Morgan fingerprint density at radius 1 is 1.10 bits per heavy atom. The lowest BCUT2D eigenvalue weighted by molar-refractivity contribution is 0.286. The minimum absolute atomic E-state index is 0.352. The minimum atomic E-state index is 0.352. The molecule has 2 nitrogen and oxygen atoms in total. The highest BCUT2D eigenvalue weighted by Gasteiger charge is 2.42. The second-order valence-corrected chi connectivity index (χ2v) is 6.52. The van der Waals surface area contributed by atoms with E-state index in [0.717, 1.165) is 11.6 Å². The van der Waals surface area contributed by atoms with Gasteiger partial charge in [-0.25, -0.2) is 0 Å². The van der Waals surface area contributed by atoms with E-state index in [-0.39, 0.29) is 0 Å². The van der Waals surface area contributed by atoms with Gasteiger partial charge in [-0.2, -0.15) is 0 Å². The lowest BCUT2D eigenvalue weighted by Crippen LogP contribution is -2.32. The van der Waals surface area contributed by atoms with E-state index >= 15 is 0 Å². The number of hydrogen-bond donors (Lipinski definition) is 2. The van der Waals surface area contributed by atoms with Gasteiger partial charge in [0, 0.05) is 17.0 Å². The molecule has 2 aromatic rings. The molecule has 2 aliphatic rings. The van der Waals surface area contributed by atoms with E-state index in [4.69, 9.17) is 11.6 Å². The minimum Gasteiger partial charge on any atom is -0.508 e. The van der Waals surface area contributed by atoms with Crippen LogP contribution in [0.4, 0.5) is 0 Å². The Bertz CT molecular complexity index is 685. The second-order valence-electron chi connectivity index (χ2n) is 6.08. The highest BCUT2D eigenvalue weighted by molar-refractivity contribution is 6.30. The Balaban J connectivity index is 1.86. The van der Waals surface area contributed by atoms with E-state index in [1.165, 1.54) is 29.5 Å². The lowest BCUT2D eigenvalue weighted by Gasteiger charge is -2.31. The summed E-state index contributed by atoms with van der Waals surface area (Å²) in [5, 5.41) is 14.3. The van der Waals surface area contributed by atoms with Gasteiger partial charge in [-0.15, -0.1) is 0 Å². The van der Waals surface area contributed by atoms with Gasteiger partial charge in [0.1, 0.15) is 5.75 Å². The maximum atomic E-state index is 9.84. The van der Waals surface area contributed by atoms with Crippen LogP contribution in [-0.2, 0) is 0 Å². The molecule has 1 saturated heterocycles. The third-order valence-electron chi connectivity index (χ3n) is 4.88. The molecule has 2 aromatic carbocycles. The topological polar surface area (TPSA) is 32.3 Å². The molecular weight excluding hydrogens is 282 g/mol. The average Bonchev–Trinajstić information content (AvgIpc) is 2.81. The van der Waals surface area contributed by atoms with Crippen LogP contribution >= 0.6 is 11.6 Å². The molecule has 3 atom stereocenters. The van der Waals surface area contributed by atoms with Crippen molar-refractivity contribution in [2.45, 2.75) is 24.8 Å². The predicted molar refractivity (Wildman–Crippen MR) is 84.9 cm³/mol. The standard InChI is InChI=1S/C18H18ClNO/c19-12-4-1-3-11(9-12)17-14-7-6-13(21)10-16(14)18-15(17)5-2-8-20-18/h1,3-4,6-7,9-10,15,17-18,20-21H,2,5,8H2. The van der Waals surface area contributed by atoms with Crippen LogP contribution in [0.5, 0.6) is 5.75 Å². The Morgan fingerprint density at radius 2 is 2.00 bits per heavy atom. The van der Waals surface area contributed by atoms with E-state index in [0.29, 0.717) is 23.6 Å². The van der Waals surface area contributed by atoms with Crippen molar-refractivity contribution in [3.63, 3.8) is 0 Å². The lowest BCUT2D eigenvalue weighted by atomic mass is 9.80. The highest BCUT2D eigenvalue weighted by atomic mass is 35.5. The predicted octanol–water partition coefficient (Wildman–Crippen LogP) is 4.23. The fourth-order valence-corrected chi connectivity index (χ4v) is 4.28. The molecule has 1 heterocycles. The Labute approximate surface area is 129 Å². The molecule has 1 aliphatic carbocycles. The summed E-state index contributed by atoms with van der Waals surface area (Å²) in [6.07, 6.45) is 2.42. The zero-order chi connectivity index (χ0) is 14.4. The number of phenolic OH excluding ortho intramolecular Hbond substituents is 1. The van der Waals surface area contributed by atoms with Crippen molar-refractivity contribution < 1.29 is 5.11 Å². The van der Waals surface area contributed by atoms with E-state index < -0.39 is 0 Å². The molecule has 3 unspecified atom stereocenters. The first-order valence-electron chi connectivity index (χ1n) is 7.56. The maximum Gasteiger partial charge on any atom is 0.115 e. The van der Waals surface area contributed by atoms with Crippen LogP contribution in [0.3, 0.4) is 0 Å². The van der Waals surface area contributed by atoms with Crippen molar-refractivity contribution >= 4 is 11.6 Å². The molecular formula is C18H18ClNO. The van der Waals surface area contributed by atoms with Gasteiger partial charge in [0.15, 0.2) is 0 Å². The summed E-state index contributed by atoms with van der Waals surface area (Å²) in [7, 11) is 0. The second kappa shape index (κ2) is 5.04. The Kier molecular flexibility index (Phi) is 3.16. The maximum absolute atomic E-state index is 9.84. The smallest absolute Gasteiger partial charge is 0.115 e. The van der Waals surface area contributed by atoms with Crippen LogP contribution in [0.2, 0.25) is 5.02 Å². The van der Waals surface area contributed by atoms with Crippen molar-refractivity contribution in [1.29, 1.82) is 0 Å². The van der Waals surface area contributed by atoms with Gasteiger partial charge in [-0.05, 0) is 66.3 Å². The molecule has 1 fully saturated rings. The zero-order valence-electron chi connectivity index (χ0n) is 11.7. The van der Waals surface area contributed by atoms with Crippen molar-refractivity contribution in [1.82, 2.24) is 5.32 Å². The molecule has 0 amide bonds. The number of halogens is 1. The molecule has 3 heteroatoms. The first kappa shape index (κ1) is 13.2. The molecule has 0 saturated carbocycles. The Hall–Kier alpha value is -1.51. The van der Waals surface area contributed by atoms with Crippen LogP contribution in [-0.4, -0.2) is 11.7 Å². The van der Waals surface area contributed by atoms with Gasteiger partial charge in [0.05, 0.1) is 0 Å². The van der Waals surface area contributed by atoms with Crippen LogP contribution in [0.1, 0.15) is 41.5 Å². The van der Waals surface area contributed by atoms with Gasteiger partial charge in [0.25, 0.3) is 0 Å². The molecule has 4 rings (SSSR count). The van der Waals surface area contributed by atoms with Crippen molar-refractivity contribution in [2.75, 3.05) is 6.54 Å². The third kappa shape index (κ3) is 2.14. The number of piperidine rings is 1. The van der Waals surface area contributed by atoms with Gasteiger partial charge in [-0.3, -0.25) is 0 Å². The fourth-order valence-electron chi connectivity index (χ4n) is 4.09. The molecule has 0 aromatic heterocycles. The van der Waals surface area contributed by atoms with Gasteiger partial charge in [-0.1, -0.05) is 29.8 Å².